The maximum atomic E-state index is 5.92. The van der Waals surface area contributed by atoms with Crippen LogP contribution in [-0.4, -0.2) is 36.4 Å². The molecule has 0 aromatic carbocycles. The summed E-state index contributed by atoms with van der Waals surface area (Å²) >= 11 is 1.40. The lowest BCUT2D eigenvalue weighted by Crippen LogP contribution is -1.97. The lowest BCUT2D eigenvalue weighted by atomic mass is 10.3. The van der Waals surface area contributed by atoms with Crippen LogP contribution in [0.4, 0.5) is 0 Å². The van der Waals surface area contributed by atoms with Crippen LogP contribution in [0.15, 0.2) is 63.8 Å². The lowest BCUT2D eigenvalue weighted by molar-refractivity contribution is 0.398. The van der Waals surface area contributed by atoms with E-state index in [9.17, 15) is 0 Å². The van der Waals surface area contributed by atoms with E-state index < -0.39 is 0 Å². The molecule has 4 heterocycles. The van der Waals surface area contributed by atoms with E-state index in [1.54, 1.807) is 31.9 Å². The van der Waals surface area contributed by atoms with Crippen LogP contribution < -0.4 is 4.74 Å². The predicted molar refractivity (Wildman–Crippen MR) is 90.7 cm³/mol. The van der Waals surface area contributed by atoms with Gasteiger partial charge in [0.05, 0.1) is 19.0 Å². The van der Waals surface area contributed by atoms with Crippen LogP contribution in [0.3, 0.4) is 0 Å². The molecule has 0 saturated heterocycles. The number of aryl methyl sites for hydroxylation is 1. The molecule has 126 valence electrons. The SMILES string of the molecule is COc1ccc(-n2ccnc2-c2ccc(Sc3nncn3C)o2)cn1. The molecular formula is C16H14N6O2S. The highest BCUT2D eigenvalue weighted by Crippen LogP contribution is 2.31. The Kier molecular flexibility index (Phi) is 3.98. The minimum absolute atomic E-state index is 0.561. The lowest BCUT2D eigenvalue weighted by Gasteiger charge is -2.06. The van der Waals surface area contributed by atoms with Crippen molar-refractivity contribution in [3.05, 3.63) is 49.2 Å². The highest BCUT2D eigenvalue weighted by atomic mass is 32.2. The molecule has 0 aliphatic rings. The molecule has 4 rings (SSSR count). The molecule has 4 aromatic rings. The van der Waals surface area contributed by atoms with Gasteiger partial charge in [-0.15, -0.1) is 10.2 Å². The second-order valence-corrected chi connectivity index (χ2v) is 6.10. The van der Waals surface area contributed by atoms with Crippen LogP contribution in [0.25, 0.3) is 17.3 Å². The zero-order chi connectivity index (χ0) is 17.2. The summed E-state index contributed by atoms with van der Waals surface area (Å²) in [6, 6.07) is 7.49. The first-order valence-corrected chi connectivity index (χ1v) is 8.22. The fraction of sp³-hybridized carbons (Fsp3) is 0.125. The second-order valence-electron chi connectivity index (χ2n) is 5.12. The Morgan fingerprint density at radius 2 is 2.08 bits per heavy atom. The van der Waals surface area contributed by atoms with E-state index in [1.165, 1.54) is 11.8 Å². The first-order chi connectivity index (χ1) is 12.2. The topological polar surface area (TPSA) is 83.8 Å². The Morgan fingerprint density at radius 3 is 2.80 bits per heavy atom. The number of rotatable bonds is 5. The zero-order valence-corrected chi connectivity index (χ0v) is 14.3. The third kappa shape index (κ3) is 3.01. The Bertz CT molecular complexity index is 988. The maximum absolute atomic E-state index is 5.92. The second kappa shape index (κ2) is 6.44. The van der Waals surface area contributed by atoms with Crippen molar-refractivity contribution < 1.29 is 9.15 Å². The summed E-state index contributed by atoms with van der Waals surface area (Å²) in [7, 11) is 3.47. The minimum Gasteiger partial charge on any atom is -0.481 e. The Labute approximate surface area is 147 Å². The Morgan fingerprint density at radius 1 is 1.16 bits per heavy atom. The summed E-state index contributed by atoms with van der Waals surface area (Å²) < 4.78 is 14.7. The Balaban J connectivity index is 1.63. The fourth-order valence-electron chi connectivity index (χ4n) is 2.28. The number of pyridine rings is 1. The van der Waals surface area contributed by atoms with E-state index in [1.807, 2.05) is 40.6 Å². The van der Waals surface area contributed by atoms with Crippen molar-refractivity contribution in [3.8, 4) is 23.2 Å². The predicted octanol–water partition coefficient (Wildman–Crippen LogP) is 2.82. The summed E-state index contributed by atoms with van der Waals surface area (Å²) in [6.07, 6.45) is 6.95. The van der Waals surface area contributed by atoms with Gasteiger partial charge in [0.1, 0.15) is 6.33 Å². The number of nitrogens with zero attached hydrogens (tertiary/aromatic N) is 6. The van der Waals surface area contributed by atoms with Crippen LogP contribution in [0.1, 0.15) is 0 Å². The van der Waals surface area contributed by atoms with E-state index in [2.05, 4.69) is 20.2 Å². The number of imidazole rings is 1. The number of methoxy groups -OCH3 is 1. The molecule has 0 spiro atoms. The van der Waals surface area contributed by atoms with Crippen molar-refractivity contribution in [1.29, 1.82) is 0 Å². The largest absolute Gasteiger partial charge is 0.481 e. The van der Waals surface area contributed by atoms with Gasteiger partial charge in [0, 0.05) is 25.5 Å². The molecule has 0 unspecified atom stereocenters. The molecule has 0 fully saturated rings. The van der Waals surface area contributed by atoms with Crippen molar-refractivity contribution in [2.75, 3.05) is 7.11 Å². The van der Waals surface area contributed by atoms with Gasteiger partial charge >= 0.3 is 0 Å². The molecule has 0 amide bonds. The number of hydrogen-bond acceptors (Lipinski definition) is 7. The molecular weight excluding hydrogens is 340 g/mol. The third-order valence-corrected chi connectivity index (χ3v) is 4.49. The number of furan rings is 1. The van der Waals surface area contributed by atoms with Gasteiger partial charge in [-0.2, -0.15) is 0 Å². The fourth-order valence-corrected chi connectivity index (χ4v) is 3.01. The smallest absolute Gasteiger partial charge is 0.213 e. The standard InChI is InChI=1S/C16H14N6O2S/c1-21-10-19-20-16(21)25-14-6-4-12(24-14)15-17-7-8-22(15)11-3-5-13(23-2)18-9-11/h3-10H,1-2H3. The molecule has 8 nitrogen and oxygen atoms in total. The van der Waals surface area contributed by atoms with Gasteiger partial charge in [-0.05, 0) is 30.0 Å². The summed E-state index contributed by atoms with van der Waals surface area (Å²) in [5, 5.41) is 9.37. The van der Waals surface area contributed by atoms with Gasteiger partial charge in [-0.25, -0.2) is 9.97 Å². The van der Waals surface area contributed by atoms with E-state index in [-0.39, 0.29) is 0 Å². The highest BCUT2D eigenvalue weighted by Gasteiger charge is 2.14. The van der Waals surface area contributed by atoms with E-state index in [0.29, 0.717) is 22.6 Å². The molecule has 0 aliphatic heterocycles. The average molecular weight is 354 g/mol. The monoisotopic (exact) mass is 354 g/mol. The molecule has 0 radical (unpaired) electrons. The average Bonchev–Trinajstić information content (AvgIpc) is 3.37. The van der Waals surface area contributed by atoms with Gasteiger partial charge in [0.25, 0.3) is 0 Å². The summed E-state index contributed by atoms with van der Waals surface area (Å²) in [4.78, 5) is 8.63. The van der Waals surface area contributed by atoms with Crippen molar-refractivity contribution in [2.45, 2.75) is 10.2 Å². The van der Waals surface area contributed by atoms with Crippen molar-refractivity contribution in [2.24, 2.45) is 7.05 Å². The third-order valence-electron chi connectivity index (χ3n) is 3.51. The molecule has 0 saturated carbocycles. The first-order valence-electron chi connectivity index (χ1n) is 7.40. The van der Waals surface area contributed by atoms with Crippen molar-refractivity contribution in [1.82, 2.24) is 29.3 Å². The molecule has 9 heteroatoms. The molecule has 0 aliphatic carbocycles. The molecule has 0 bridgehead atoms. The molecule has 4 aromatic heterocycles. The van der Waals surface area contributed by atoms with Crippen LogP contribution in [0, 0.1) is 0 Å². The number of aromatic nitrogens is 6. The van der Waals surface area contributed by atoms with Crippen LogP contribution in [0.2, 0.25) is 0 Å². The summed E-state index contributed by atoms with van der Waals surface area (Å²) in [5.74, 6) is 1.91. The quantitative estimate of drug-likeness (QED) is 0.545. The molecule has 25 heavy (non-hydrogen) atoms. The summed E-state index contributed by atoms with van der Waals surface area (Å²) in [6.45, 7) is 0. The first kappa shape index (κ1) is 15.5. The van der Waals surface area contributed by atoms with Crippen LogP contribution >= 0.6 is 11.8 Å². The van der Waals surface area contributed by atoms with Crippen molar-refractivity contribution >= 4 is 11.8 Å². The van der Waals surface area contributed by atoms with Gasteiger partial charge in [-0.3, -0.25) is 4.57 Å². The van der Waals surface area contributed by atoms with Crippen LogP contribution in [-0.2, 0) is 7.05 Å². The molecule has 0 N–H and O–H groups in total. The van der Waals surface area contributed by atoms with Gasteiger partial charge in [0.2, 0.25) is 5.88 Å². The van der Waals surface area contributed by atoms with Gasteiger partial charge in [-0.1, -0.05) is 0 Å². The van der Waals surface area contributed by atoms with E-state index in [0.717, 1.165) is 10.8 Å². The summed E-state index contributed by atoms with van der Waals surface area (Å²) in [5.41, 5.74) is 0.868. The molecule has 0 atom stereocenters. The normalized spacial score (nSPS) is 11.0. The minimum atomic E-state index is 0.561. The van der Waals surface area contributed by atoms with E-state index in [4.69, 9.17) is 9.15 Å². The number of hydrogen-bond donors (Lipinski definition) is 0. The van der Waals surface area contributed by atoms with Gasteiger partial charge < -0.3 is 13.7 Å². The van der Waals surface area contributed by atoms with Crippen molar-refractivity contribution in [3.63, 3.8) is 0 Å². The highest BCUT2D eigenvalue weighted by molar-refractivity contribution is 7.99. The Hall–Kier alpha value is -3.07. The number of ether oxygens (including phenoxy) is 1. The van der Waals surface area contributed by atoms with Gasteiger partial charge in [0.15, 0.2) is 21.8 Å². The maximum Gasteiger partial charge on any atom is 0.213 e. The van der Waals surface area contributed by atoms with E-state index >= 15 is 0 Å². The zero-order valence-electron chi connectivity index (χ0n) is 13.5. The van der Waals surface area contributed by atoms with Crippen LogP contribution in [0.5, 0.6) is 5.88 Å².